The van der Waals surface area contributed by atoms with Crippen LogP contribution < -0.4 is 4.90 Å². The lowest BCUT2D eigenvalue weighted by molar-refractivity contribution is 0.0117. The zero-order valence-electron chi connectivity index (χ0n) is 14.7. The molecule has 0 spiro atoms. The van der Waals surface area contributed by atoms with E-state index >= 15 is 0 Å². The first-order valence-corrected chi connectivity index (χ1v) is 10.9. The van der Waals surface area contributed by atoms with Gasteiger partial charge in [0.2, 0.25) is 5.16 Å². The molecule has 3 heterocycles. The molecular formula is C18H20N4O2S2. The number of aromatic nitrogens is 3. The van der Waals surface area contributed by atoms with Crippen LogP contribution in [0.25, 0.3) is 10.3 Å². The average molecular weight is 389 g/mol. The number of aryl methyl sites for hydroxylation is 1. The molecule has 4 rings (SSSR count). The molecule has 1 N–H and O–H groups in total. The van der Waals surface area contributed by atoms with Crippen LogP contribution in [0.4, 0.5) is 5.82 Å². The predicted molar refractivity (Wildman–Crippen MR) is 104 cm³/mol. The highest BCUT2D eigenvalue weighted by molar-refractivity contribution is 7.84. The Labute approximate surface area is 158 Å². The second-order valence-corrected chi connectivity index (χ2v) is 9.01. The zero-order chi connectivity index (χ0) is 18.3. The van der Waals surface area contributed by atoms with Crippen molar-refractivity contribution in [1.29, 1.82) is 0 Å². The monoisotopic (exact) mass is 388 g/mol. The molecule has 1 atom stereocenters. The van der Waals surface area contributed by atoms with Crippen molar-refractivity contribution in [1.82, 2.24) is 15.0 Å². The Morgan fingerprint density at radius 2 is 1.85 bits per heavy atom. The van der Waals surface area contributed by atoms with Gasteiger partial charge in [-0.3, -0.25) is 4.21 Å². The Morgan fingerprint density at radius 3 is 2.50 bits per heavy atom. The highest BCUT2D eigenvalue weighted by Gasteiger charge is 2.35. The minimum atomic E-state index is -1.25. The third kappa shape index (κ3) is 3.13. The van der Waals surface area contributed by atoms with E-state index in [1.807, 2.05) is 37.3 Å². The predicted octanol–water partition coefficient (Wildman–Crippen LogP) is 2.62. The number of thiazole rings is 1. The molecule has 1 aliphatic rings. The molecule has 1 unspecified atom stereocenters. The molecule has 1 aromatic carbocycles. The molecule has 136 valence electrons. The van der Waals surface area contributed by atoms with E-state index < -0.39 is 16.4 Å². The van der Waals surface area contributed by atoms with Crippen LogP contribution in [-0.2, 0) is 16.4 Å². The first-order valence-electron chi connectivity index (χ1n) is 8.48. The molecule has 2 aromatic heterocycles. The lowest BCUT2D eigenvalue weighted by Gasteiger charge is -2.39. The molecule has 1 fully saturated rings. The van der Waals surface area contributed by atoms with Gasteiger partial charge in [0.1, 0.15) is 10.3 Å². The highest BCUT2D eigenvalue weighted by Crippen LogP contribution is 2.36. The molecule has 8 heteroatoms. The summed E-state index contributed by atoms with van der Waals surface area (Å²) >= 11 is 1.49. The third-order valence-corrected chi connectivity index (χ3v) is 6.35. The second-order valence-electron chi connectivity index (χ2n) is 6.56. The lowest BCUT2D eigenvalue weighted by atomic mass is 9.84. The Kier molecular flexibility index (Phi) is 4.50. The average Bonchev–Trinajstić information content (AvgIpc) is 3.02. The number of benzene rings is 1. The normalized spacial score (nSPS) is 18.2. The number of piperidine rings is 1. The number of aliphatic hydroxyl groups is 1. The van der Waals surface area contributed by atoms with Crippen molar-refractivity contribution in [2.45, 2.75) is 30.5 Å². The molecule has 0 saturated carbocycles. The maximum Gasteiger partial charge on any atom is 0.221 e. The van der Waals surface area contributed by atoms with E-state index in [-0.39, 0.29) is 0 Å². The lowest BCUT2D eigenvalue weighted by Crippen LogP contribution is -2.43. The van der Waals surface area contributed by atoms with Crippen LogP contribution >= 0.6 is 11.3 Å². The van der Waals surface area contributed by atoms with Crippen molar-refractivity contribution in [3.05, 3.63) is 40.9 Å². The van der Waals surface area contributed by atoms with Gasteiger partial charge in [-0.2, -0.15) is 0 Å². The molecule has 3 aromatic rings. The molecule has 0 aliphatic carbocycles. The number of anilines is 1. The van der Waals surface area contributed by atoms with Gasteiger partial charge >= 0.3 is 0 Å². The van der Waals surface area contributed by atoms with E-state index in [9.17, 15) is 9.32 Å². The van der Waals surface area contributed by atoms with E-state index in [0.717, 1.165) is 26.7 Å². The number of hydrogen-bond donors (Lipinski definition) is 1. The zero-order valence-corrected chi connectivity index (χ0v) is 16.3. The maximum absolute atomic E-state index is 11.9. The minimum absolute atomic E-state index is 0.333. The molecule has 0 radical (unpaired) electrons. The maximum atomic E-state index is 11.9. The molecule has 26 heavy (non-hydrogen) atoms. The quantitative estimate of drug-likeness (QED) is 0.695. The van der Waals surface area contributed by atoms with Crippen LogP contribution in [0.15, 0.2) is 35.5 Å². The SMILES string of the molecule is Cc1nc2c(N3CCC(O)(c4ccccc4)CC3)nc(S(C)=O)nc2s1. The van der Waals surface area contributed by atoms with Crippen molar-refractivity contribution in [2.75, 3.05) is 24.2 Å². The van der Waals surface area contributed by atoms with Crippen molar-refractivity contribution < 1.29 is 9.32 Å². The van der Waals surface area contributed by atoms with Crippen molar-refractivity contribution >= 4 is 38.3 Å². The summed E-state index contributed by atoms with van der Waals surface area (Å²) in [6.45, 7) is 3.25. The Bertz CT molecular complexity index is 966. The van der Waals surface area contributed by atoms with Crippen LogP contribution in [0.3, 0.4) is 0 Å². The molecule has 1 saturated heterocycles. The summed E-state index contributed by atoms with van der Waals surface area (Å²) in [7, 11) is -1.25. The van der Waals surface area contributed by atoms with E-state index in [2.05, 4.69) is 19.9 Å². The third-order valence-electron chi connectivity index (χ3n) is 4.79. The smallest absolute Gasteiger partial charge is 0.221 e. The molecule has 0 bridgehead atoms. The van der Waals surface area contributed by atoms with Gasteiger partial charge in [-0.15, -0.1) is 0 Å². The van der Waals surface area contributed by atoms with Gasteiger partial charge in [0, 0.05) is 19.3 Å². The molecule has 0 amide bonds. The standard InChI is InChI=1S/C18H20N4O2S2/c1-12-19-14-15(20-17(26(2)24)21-16(14)25-12)22-10-8-18(23,9-11-22)13-6-4-3-5-7-13/h3-7,23H,8-11H2,1-2H3. The summed E-state index contributed by atoms with van der Waals surface area (Å²) in [5.74, 6) is 0.722. The summed E-state index contributed by atoms with van der Waals surface area (Å²) in [5.41, 5.74) is 0.886. The summed E-state index contributed by atoms with van der Waals surface area (Å²) in [5, 5.41) is 12.3. The van der Waals surface area contributed by atoms with E-state index in [1.54, 1.807) is 6.26 Å². The van der Waals surface area contributed by atoms with Crippen LogP contribution in [0.1, 0.15) is 23.4 Å². The van der Waals surface area contributed by atoms with Gasteiger partial charge in [0.15, 0.2) is 5.82 Å². The van der Waals surface area contributed by atoms with Crippen LogP contribution in [0, 0.1) is 6.92 Å². The van der Waals surface area contributed by atoms with Gasteiger partial charge < -0.3 is 10.0 Å². The van der Waals surface area contributed by atoms with Gasteiger partial charge in [0.25, 0.3) is 0 Å². The van der Waals surface area contributed by atoms with Gasteiger partial charge in [-0.1, -0.05) is 41.7 Å². The van der Waals surface area contributed by atoms with Gasteiger partial charge in [-0.05, 0) is 25.3 Å². The van der Waals surface area contributed by atoms with Crippen LogP contribution in [0.5, 0.6) is 0 Å². The minimum Gasteiger partial charge on any atom is -0.385 e. The first kappa shape index (κ1) is 17.5. The second kappa shape index (κ2) is 6.68. The van der Waals surface area contributed by atoms with E-state index in [0.29, 0.717) is 31.1 Å². The molecular weight excluding hydrogens is 368 g/mol. The number of nitrogens with zero attached hydrogens (tertiary/aromatic N) is 4. The first-order chi connectivity index (χ1) is 12.5. The van der Waals surface area contributed by atoms with Crippen LogP contribution in [-0.4, -0.2) is 43.6 Å². The highest BCUT2D eigenvalue weighted by atomic mass is 32.2. The largest absolute Gasteiger partial charge is 0.385 e. The van der Waals surface area contributed by atoms with E-state index in [4.69, 9.17) is 0 Å². The fourth-order valence-corrected chi connectivity index (χ4v) is 4.64. The Hall–Kier alpha value is -1.90. The fraction of sp³-hybridized carbons (Fsp3) is 0.389. The van der Waals surface area contributed by atoms with Gasteiger partial charge in [0.05, 0.1) is 21.4 Å². The summed E-state index contributed by atoms with van der Waals surface area (Å²) in [6.07, 6.45) is 2.80. The molecule has 6 nitrogen and oxygen atoms in total. The van der Waals surface area contributed by atoms with Crippen molar-refractivity contribution in [3.63, 3.8) is 0 Å². The Balaban J connectivity index is 1.66. The number of fused-ring (bicyclic) bond motifs is 1. The summed E-state index contributed by atoms with van der Waals surface area (Å²) in [6, 6.07) is 9.81. The topological polar surface area (TPSA) is 79.2 Å². The summed E-state index contributed by atoms with van der Waals surface area (Å²) < 4.78 is 11.9. The van der Waals surface area contributed by atoms with E-state index in [1.165, 1.54) is 11.3 Å². The fourth-order valence-electron chi connectivity index (χ4n) is 3.37. The Morgan fingerprint density at radius 1 is 1.15 bits per heavy atom. The molecule has 1 aliphatic heterocycles. The van der Waals surface area contributed by atoms with Gasteiger partial charge in [-0.25, -0.2) is 15.0 Å². The number of hydrogen-bond acceptors (Lipinski definition) is 7. The number of rotatable bonds is 3. The van der Waals surface area contributed by atoms with Crippen molar-refractivity contribution in [2.24, 2.45) is 0 Å². The van der Waals surface area contributed by atoms with Crippen LogP contribution in [0.2, 0.25) is 0 Å². The summed E-state index contributed by atoms with van der Waals surface area (Å²) in [4.78, 5) is 16.4. The van der Waals surface area contributed by atoms with Crippen molar-refractivity contribution in [3.8, 4) is 0 Å².